The Morgan fingerprint density at radius 2 is 2.00 bits per heavy atom. The van der Waals surface area contributed by atoms with Crippen molar-refractivity contribution in [3.63, 3.8) is 0 Å². The second-order valence-electron chi connectivity index (χ2n) is 1.85. The maximum Gasteiger partial charge on any atom is 0.0263 e. The summed E-state index contributed by atoms with van der Waals surface area (Å²) in [4.78, 5) is 0. The average molecular weight is 140 g/mol. The minimum absolute atomic E-state index is 0.698. The van der Waals surface area contributed by atoms with Gasteiger partial charge in [0.15, 0.2) is 0 Å². The van der Waals surface area contributed by atoms with Crippen molar-refractivity contribution in [3.05, 3.63) is 35.9 Å². The fourth-order valence-corrected chi connectivity index (χ4v) is 0.915. The highest BCUT2D eigenvalue weighted by Crippen LogP contribution is 1.99. The lowest BCUT2D eigenvalue weighted by atomic mass is 10.2. The van der Waals surface area contributed by atoms with Crippen LogP contribution in [0.25, 0.3) is 0 Å². The standard InChI is InChI=1S/C8H8Cl/c9-7-6-8-4-2-1-3-5-8/h2-5H,6-7H2. The first-order chi connectivity index (χ1) is 4.43. The SMILES string of the molecule is ClCCc1cc[c]cc1. The van der Waals surface area contributed by atoms with E-state index in [1.165, 1.54) is 5.56 Å². The Labute approximate surface area is 60.5 Å². The summed E-state index contributed by atoms with van der Waals surface area (Å²) in [5.41, 5.74) is 1.28. The lowest BCUT2D eigenvalue weighted by Crippen LogP contribution is -1.82. The smallest absolute Gasteiger partial charge is 0.0263 e. The second kappa shape index (κ2) is 3.52. The van der Waals surface area contributed by atoms with E-state index in [1.807, 2.05) is 24.3 Å². The summed E-state index contributed by atoms with van der Waals surface area (Å²) in [7, 11) is 0. The number of benzene rings is 1. The van der Waals surface area contributed by atoms with Gasteiger partial charge in [0.05, 0.1) is 0 Å². The zero-order chi connectivity index (χ0) is 6.53. The van der Waals surface area contributed by atoms with Crippen LogP contribution >= 0.6 is 11.6 Å². The molecular weight excluding hydrogens is 132 g/mol. The fraction of sp³-hybridized carbons (Fsp3) is 0.250. The minimum Gasteiger partial charge on any atom is -0.126 e. The summed E-state index contributed by atoms with van der Waals surface area (Å²) in [6.07, 6.45) is 0.955. The van der Waals surface area contributed by atoms with E-state index in [4.69, 9.17) is 11.6 Å². The largest absolute Gasteiger partial charge is 0.126 e. The molecule has 0 atom stereocenters. The zero-order valence-electron chi connectivity index (χ0n) is 5.10. The first-order valence-electron chi connectivity index (χ1n) is 2.94. The number of alkyl halides is 1. The molecule has 0 amide bonds. The molecule has 1 aromatic rings. The molecule has 9 heavy (non-hydrogen) atoms. The molecule has 0 spiro atoms. The van der Waals surface area contributed by atoms with Gasteiger partial charge < -0.3 is 0 Å². The molecule has 1 radical (unpaired) electrons. The topological polar surface area (TPSA) is 0 Å². The molecule has 1 rings (SSSR count). The third-order valence-electron chi connectivity index (χ3n) is 1.17. The zero-order valence-corrected chi connectivity index (χ0v) is 5.86. The van der Waals surface area contributed by atoms with Crippen LogP contribution in [0.3, 0.4) is 0 Å². The molecule has 0 heterocycles. The number of hydrogen-bond donors (Lipinski definition) is 0. The molecule has 0 aliphatic rings. The predicted octanol–water partition coefficient (Wildman–Crippen LogP) is 2.27. The molecule has 0 N–H and O–H groups in total. The van der Waals surface area contributed by atoms with Crippen molar-refractivity contribution < 1.29 is 0 Å². The number of halogens is 1. The van der Waals surface area contributed by atoms with Gasteiger partial charge in [0, 0.05) is 5.88 Å². The van der Waals surface area contributed by atoms with Gasteiger partial charge in [0.25, 0.3) is 0 Å². The Kier molecular flexibility index (Phi) is 2.59. The van der Waals surface area contributed by atoms with Gasteiger partial charge in [-0.3, -0.25) is 0 Å². The Morgan fingerprint density at radius 1 is 1.33 bits per heavy atom. The Balaban J connectivity index is 2.61. The van der Waals surface area contributed by atoms with E-state index in [0.29, 0.717) is 5.88 Å². The van der Waals surface area contributed by atoms with Crippen molar-refractivity contribution in [2.45, 2.75) is 6.42 Å². The molecule has 1 heteroatoms. The fourth-order valence-electron chi connectivity index (χ4n) is 0.697. The van der Waals surface area contributed by atoms with Crippen molar-refractivity contribution in [3.8, 4) is 0 Å². The van der Waals surface area contributed by atoms with Crippen LogP contribution in [-0.2, 0) is 6.42 Å². The molecule has 0 bridgehead atoms. The van der Waals surface area contributed by atoms with Crippen molar-refractivity contribution in [2.75, 3.05) is 5.88 Å². The lowest BCUT2D eigenvalue weighted by Gasteiger charge is -1.92. The molecular formula is C8H8Cl. The first-order valence-corrected chi connectivity index (χ1v) is 3.48. The van der Waals surface area contributed by atoms with E-state index in [1.54, 1.807) is 0 Å². The molecule has 0 fully saturated rings. The molecule has 0 saturated carbocycles. The summed E-state index contributed by atoms with van der Waals surface area (Å²) in [6.45, 7) is 0. The molecule has 47 valence electrons. The normalized spacial score (nSPS) is 9.44. The summed E-state index contributed by atoms with van der Waals surface area (Å²) >= 11 is 5.53. The van der Waals surface area contributed by atoms with Gasteiger partial charge in [0.1, 0.15) is 0 Å². The number of hydrogen-bond acceptors (Lipinski definition) is 0. The van der Waals surface area contributed by atoms with E-state index in [0.717, 1.165) is 6.42 Å². The number of rotatable bonds is 2. The van der Waals surface area contributed by atoms with Crippen LogP contribution in [0, 0.1) is 6.07 Å². The van der Waals surface area contributed by atoms with Crippen LogP contribution in [0.5, 0.6) is 0 Å². The van der Waals surface area contributed by atoms with Crippen LogP contribution in [-0.4, -0.2) is 5.88 Å². The minimum atomic E-state index is 0.698. The van der Waals surface area contributed by atoms with Gasteiger partial charge in [-0.1, -0.05) is 24.3 Å². The highest BCUT2D eigenvalue weighted by atomic mass is 35.5. The van der Waals surface area contributed by atoms with Crippen LogP contribution in [0.4, 0.5) is 0 Å². The molecule has 0 nitrogen and oxygen atoms in total. The third kappa shape index (κ3) is 2.06. The van der Waals surface area contributed by atoms with Gasteiger partial charge in [-0.05, 0) is 18.1 Å². The molecule has 0 unspecified atom stereocenters. The second-order valence-corrected chi connectivity index (χ2v) is 2.23. The van der Waals surface area contributed by atoms with E-state index in [-0.39, 0.29) is 0 Å². The quantitative estimate of drug-likeness (QED) is 0.552. The Hall–Kier alpha value is -0.490. The molecule has 0 aliphatic heterocycles. The highest BCUT2D eigenvalue weighted by Gasteiger charge is 1.85. The van der Waals surface area contributed by atoms with Gasteiger partial charge in [-0.15, -0.1) is 11.6 Å². The molecule has 1 aromatic carbocycles. The van der Waals surface area contributed by atoms with Gasteiger partial charge in [0.2, 0.25) is 0 Å². The summed E-state index contributed by atoms with van der Waals surface area (Å²) in [5.74, 6) is 0.698. The Morgan fingerprint density at radius 3 is 2.56 bits per heavy atom. The first kappa shape index (κ1) is 6.63. The summed E-state index contributed by atoms with van der Waals surface area (Å²) in [6, 6.07) is 10.8. The van der Waals surface area contributed by atoms with Crippen LogP contribution in [0.2, 0.25) is 0 Å². The van der Waals surface area contributed by atoms with Crippen LogP contribution < -0.4 is 0 Å². The van der Waals surface area contributed by atoms with Gasteiger partial charge >= 0.3 is 0 Å². The van der Waals surface area contributed by atoms with E-state index in [2.05, 4.69) is 6.07 Å². The lowest BCUT2D eigenvalue weighted by molar-refractivity contribution is 1.15. The van der Waals surface area contributed by atoms with Crippen molar-refractivity contribution in [1.29, 1.82) is 0 Å². The Bertz CT molecular complexity index is 157. The maximum atomic E-state index is 5.53. The predicted molar refractivity (Wildman–Crippen MR) is 39.7 cm³/mol. The highest BCUT2D eigenvalue weighted by molar-refractivity contribution is 6.17. The third-order valence-corrected chi connectivity index (χ3v) is 1.36. The molecule has 0 aromatic heterocycles. The van der Waals surface area contributed by atoms with E-state index < -0.39 is 0 Å². The van der Waals surface area contributed by atoms with Crippen molar-refractivity contribution >= 4 is 11.6 Å². The maximum absolute atomic E-state index is 5.53. The monoisotopic (exact) mass is 139 g/mol. The van der Waals surface area contributed by atoms with Crippen LogP contribution in [0.15, 0.2) is 24.3 Å². The van der Waals surface area contributed by atoms with Crippen LogP contribution in [0.1, 0.15) is 5.56 Å². The number of aryl methyl sites for hydroxylation is 1. The van der Waals surface area contributed by atoms with Crippen molar-refractivity contribution in [2.24, 2.45) is 0 Å². The average Bonchev–Trinajstić information content (AvgIpc) is 1.91. The van der Waals surface area contributed by atoms with Gasteiger partial charge in [-0.25, -0.2) is 0 Å². The molecule has 0 aliphatic carbocycles. The van der Waals surface area contributed by atoms with Gasteiger partial charge in [-0.2, -0.15) is 0 Å². The van der Waals surface area contributed by atoms with E-state index in [9.17, 15) is 0 Å². The summed E-state index contributed by atoms with van der Waals surface area (Å²) in [5, 5.41) is 0. The van der Waals surface area contributed by atoms with Crippen molar-refractivity contribution in [1.82, 2.24) is 0 Å². The summed E-state index contributed by atoms with van der Waals surface area (Å²) < 4.78 is 0. The van der Waals surface area contributed by atoms with E-state index >= 15 is 0 Å². The molecule has 0 saturated heterocycles.